The third-order valence-corrected chi connectivity index (χ3v) is 4.60. The summed E-state index contributed by atoms with van der Waals surface area (Å²) >= 11 is 7.72. The van der Waals surface area contributed by atoms with E-state index in [-0.39, 0.29) is 0 Å². The molecule has 1 aromatic rings. The van der Waals surface area contributed by atoms with Crippen LogP contribution in [0.2, 0.25) is 4.34 Å². The van der Waals surface area contributed by atoms with Crippen LogP contribution in [0.15, 0.2) is 12.1 Å². The lowest BCUT2D eigenvalue weighted by atomic mass is 9.97. The van der Waals surface area contributed by atoms with E-state index in [2.05, 4.69) is 30.4 Å². The highest BCUT2D eigenvalue weighted by molar-refractivity contribution is 7.16. The Labute approximate surface area is 107 Å². The van der Waals surface area contributed by atoms with Crippen LogP contribution in [-0.4, -0.2) is 32.1 Å². The maximum absolute atomic E-state index is 6.01. The van der Waals surface area contributed by atoms with E-state index in [9.17, 15) is 0 Å². The molecule has 1 N–H and O–H groups in total. The van der Waals surface area contributed by atoms with Gasteiger partial charge in [-0.1, -0.05) is 11.6 Å². The summed E-state index contributed by atoms with van der Waals surface area (Å²) in [6, 6.07) is 4.69. The van der Waals surface area contributed by atoms with Crippen LogP contribution in [-0.2, 0) is 0 Å². The first-order valence-electron chi connectivity index (χ1n) is 5.79. The molecule has 0 aliphatic carbocycles. The molecule has 0 spiro atoms. The summed E-state index contributed by atoms with van der Waals surface area (Å²) in [6.07, 6.45) is 2.54. The van der Waals surface area contributed by atoms with Gasteiger partial charge in [0, 0.05) is 10.9 Å². The molecule has 1 aromatic heterocycles. The molecule has 90 valence electrons. The van der Waals surface area contributed by atoms with Crippen LogP contribution < -0.4 is 5.32 Å². The molecule has 2 unspecified atom stereocenters. The van der Waals surface area contributed by atoms with Crippen molar-refractivity contribution in [2.75, 3.05) is 27.2 Å². The molecule has 0 aromatic carbocycles. The van der Waals surface area contributed by atoms with Gasteiger partial charge in [-0.3, -0.25) is 0 Å². The van der Waals surface area contributed by atoms with E-state index in [1.807, 2.05) is 6.07 Å². The van der Waals surface area contributed by atoms with Gasteiger partial charge in [-0.05, 0) is 58.1 Å². The summed E-state index contributed by atoms with van der Waals surface area (Å²) in [7, 11) is 4.31. The van der Waals surface area contributed by atoms with Gasteiger partial charge in [0.25, 0.3) is 0 Å². The van der Waals surface area contributed by atoms with Gasteiger partial charge in [0.05, 0.1) is 4.34 Å². The summed E-state index contributed by atoms with van der Waals surface area (Å²) in [5.41, 5.74) is 0. The molecule has 2 atom stereocenters. The number of thiophene rings is 1. The van der Waals surface area contributed by atoms with Crippen LogP contribution in [0.5, 0.6) is 0 Å². The Morgan fingerprint density at radius 2 is 2.38 bits per heavy atom. The van der Waals surface area contributed by atoms with Crippen LogP contribution in [0.4, 0.5) is 0 Å². The van der Waals surface area contributed by atoms with Crippen molar-refractivity contribution in [3.8, 4) is 0 Å². The predicted molar refractivity (Wildman–Crippen MR) is 71.4 cm³/mol. The summed E-state index contributed by atoms with van der Waals surface area (Å²) < 4.78 is 0.895. The average molecular weight is 259 g/mol. The molecule has 0 saturated carbocycles. The van der Waals surface area contributed by atoms with Gasteiger partial charge in [-0.25, -0.2) is 0 Å². The third-order valence-electron chi connectivity index (χ3n) is 3.26. The monoisotopic (exact) mass is 258 g/mol. The van der Waals surface area contributed by atoms with Crippen LogP contribution in [0.1, 0.15) is 23.8 Å². The highest BCUT2D eigenvalue weighted by Gasteiger charge is 2.23. The summed E-state index contributed by atoms with van der Waals surface area (Å²) in [6.45, 7) is 2.35. The number of hydrogen-bond acceptors (Lipinski definition) is 3. The second-order valence-corrected chi connectivity index (χ2v) is 6.46. The zero-order chi connectivity index (χ0) is 11.5. The molecule has 0 radical (unpaired) electrons. The fourth-order valence-electron chi connectivity index (χ4n) is 2.32. The quantitative estimate of drug-likeness (QED) is 0.893. The molecule has 2 rings (SSSR count). The van der Waals surface area contributed by atoms with Gasteiger partial charge in [0.2, 0.25) is 0 Å². The SMILES string of the molecule is CN(C)C(CC1CCNC1)c1ccc(Cl)s1. The van der Waals surface area contributed by atoms with Crippen molar-refractivity contribution in [3.63, 3.8) is 0 Å². The van der Waals surface area contributed by atoms with E-state index in [1.54, 1.807) is 11.3 Å². The van der Waals surface area contributed by atoms with E-state index >= 15 is 0 Å². The summed E-state index contributed by atoms with van der Waals surface area (Å²) in [4.78, 5) is 3.70. The molecular weight excluding hydrogens is 240 g/mol. The average Bonchev–Trinajstić information content (AvgIpc) is 2.84. The van der Waals surface area contributed by atoms with Crippen molar-refractivity contribution in [1.82, 2.24) is 10.2 Å². The first-order valence-corrected chi connectivity index (χ1v) is 6.98. The van der Waals surface area contributed by atoms with Gasteiger partial charge < -0.3 is 10.2 Å². The molecule has 0 bridgehead atoms. The van der Waals surface area contributed by atoms with Crippen LogP contribution in [0.25, 0.3) is 0 Å². The zero-order valence-corrected chi connectivity index (χ0v) is 11.4. The largest absolute Gasteiger partial charge is 0.316 e. The molecule has 2 heterocycles. The third kappa shape index (κ3) is 2.98. The second kappa shape index (κ2) is 5.50. The Balaban J connectivity index is 2.04. The van der Waals surface area contributed by atoms with E-state index in [0.29, 0.717) is 6.04 Å². The molecule has 2 nitrogen and oxygen atoms in total. The fourth-order valence-corrected chi connectivity index (χ4v) is 3.59. The van der Waals surface area contributed by atoms with E-state index in [4.69, 9.17) is 11.6 Å². The Hall–Kier alpha value is -0.0900. The number of nitrogens with zero attached hydrogens (tertiary/aromatic N) is 1. The predicted octanol–water partition coefficient (Wildman–Crippen LogP) is 3.00. The Bertz CT molecular complexity index is 332. The Kier molecular flexibility index (Phi) is 4.25. The van der Waals surface area contributed by atoms with Crippen LogP contribution in [0, 0.1) is 5.92 Å². The van der Waals surface area contributed by atoms with E-state index < -0.39 is 0 Å². The normalized spacial score (nSPS) is 22.9. The molecule has 1 aliphatic rings. The van der Waals surface area contributed by atoms with Crippen molar-refractivity contribution in [2.24, 2.45) is 5.92 Å². The standard InChI is InChI=1S/C12H19ClN2S/c1-15(2)10(7-9-5-6-14-8-9)11-3-4-12(13)16-11/h3-4,9-10,14H,5-8H2,1-2H3. The number of hydrogen-bond donors (Lipinski definition) is 1. The lowest BCUT2D eigenvalue weighted by Crippen LogP contribution is -2.22. The lowest BCUT2D eigenvalue weighted by molar-refractivity contribution is 0.257. The van der Waals surface area contributed by atoms with E-state index in [1.165, 1.54) is 30.8 Å². The molecule has 0 amide bonds. The molecule has 4 heteroatoms. The highest BCUT2D eigenvalue weighted by atomic mass is 35.5. The highest BCUT2D eigenvalue weighted by Crippen LogP contribution is 2.34. The first-order chi connectivity index (χ1) is 7.66. The fraction of sp³-hybridized carbons (Fsp3) is 0.667. The van der Waals surface area contributed by atoms with Crippen LogP contribution >= 0.6 is 22.9 Å². The zero-order valence-electron chi connectivity index (χ0n) is 9.87. The minimum absolute atomic E-state index is 0.516. The molecule has 1 saturated heterocycles. The number of rotatable bonds is 4. The minimum Gasteiger partial charge on any atom is -0.316 e. The lowest BCUT2D eigenvalue weighted by Gasteiger charge is -2.25. The summed E-state index contributed by atoms with van der Waals surface area (Å²) in [5.74, 6) is 0.813. The topological polar surface area (TPSA) is 15.3 Å². The molecule has 16 heavy (non-hydrogen) atoms. The maximum Gasteiger partial charge on any atom is 0.0931 e. The smallest absolute Gasteiger partial charge is 0.0931 e. The van der Waals surface area contributed by atoms with Gasteiger partial charge in [0.15, 0.2) is 0 Å². The summed E-state index contributed by atoms with van der Waals surface area (Å²) in [5, 5.41) is 3.43. The van der Waals surface area contributed by atoms with Gasteiger partial charge in [0.1, 0.15) is 0 Å². The first kappa shape index (κ1) is 12.4. The van der Waals surface area contributed by atoms with Crippen molar-refractivity contribution < 1.29 is 0 Å². The molecule has 1 aliphatic heterocycles. The maximum atomic E-state index is 6.01. The van der Waals surface area contributed by atoms with Gasteiger partial charge >= 0.3 is 0 Å². The van der Waals surface area contributed by atoms with Crippen molar-refractivity contribution in [2.45, 2.75) is 18.9 Å². The number of halogens is 1. The van der Waals surface area contributed by atoms with Crippen molar-refractivity contribution >= 4 is 22.9 Å². The van der Waals surface area contributed by atoms with Gasteiger partial charge in [-0.15, -0.1) is 11.3 Å². The molecular formula is C12H19ClN2S. The Morgan fingerprint density at radius 3 is 2.88 bits per heavy atom. The van der Waals surface area contributed by atoms with Crippen molar-refractivity contribution in [1.29, 1.82) is 0 Å². The number of nitrogens with one attached hydrogen (secondary N) is 1. The van der Waals surface area contributed by atoms with E-state index in [0.717, 1.165) is 10.3 Å². The Morgan fingerprint density at radius 1 is 1.56 bits per heavy atom. The van der Waals surface area contributed by atoms with Gasteiger partial charge in [-0.2, -0.15) is 0 Å². The molecule has 1 fully saturated rings. The van der Waals surface area contributed by atoms with Crippen LogP contribution in [0.3, 0.4) is 0 Å². The van der Waals surface area contributed by atoms with Crippen molar-refractivity contribution in [3.05, 3.63) is 21.3 Å². The second-order valence-electron chi connectivity index (χ2n) is 4.72. The minimum atomic E-state index is 0.516.